The van der Waals surface area contributed by atoms with Gasteiger partial charge in [-0.3, -0.25) is 4.84 Å². The Hall–Kier alpha value is -0.120. The molecule has 0 spiro atoms. The predicted molar refractivity (Wildman–Crippen MR) is 68.3 cm³/mol. The van der Waals surface area contributed by atoms with Crippen LogP contribution in [0.3, 0.4) is 0 Å². The summed E-state index contributed by atoms with van der Waals surface area (Å²) in [5, 5.41) is 2.18. The molecule has 0 aliphatic carbocycles. The van der Waals surface area contributed by atoms with Gasteiger partial charge in [-0.25, -0.2) is 0 Å². The quantitative estimate of drug-likeness (QED) is 0.735. The summed E-state index contributed by atoms with van der Waals surface area (Å²) in [5.41, 5.74) is 0.0361. The minimum atomic E-state index is -0.120. The van der Waals surface area contributed by atoms with E-state index in [9.17, 15) is 0 Å². The Kier molecular flexibility index (Phi) is 4.04. The van der Waals surface area contributed by atoms with Crippen LogP contribution < -0.4 is 0 Å². The van der Waals surface area contributed by atoms with Gasteiger partial charge in [-0.1, -0.05) is 6.92 Å². The zero-order chi connectivity index (χ0) is 12.6. The van der Waals surface area contributed by atoms with Crippen molar-refractivity contribution in [2.75, 3.05) is 27.2 Å². The molecular formula is C13H28N2O. The van der Waals surface area contributed by atoms with Gasteiger partial charge in [0.15, 0.2) is 0 Å². The van der Waals surface area contributed by atoms with Crippen LogP contribution in [0.2, 0.25) is 0 Å². The lowest BCUT2D eigenvalue weighted by atomic mass is 9.91. The molecule has 1 aliphatic heterocycles. The maximum absolute atomic E-state index is 6.19. The minimum Gasteiger partial charge on any atom is -0.306 e. The predicted octanol–water partition coefficient (Wildman–Crippen LogP) is 2.38. The molecule has 3 nitrogen and oxygen atoms in total. The van der Waals surface area contributed by atoms with Crippen molar-refractivity contribution < 1.29 is 4.84 Å². The van der Waals surface area contributed by atoms with Crippen molar-refractivity contribution in [1.82, 2.24) is 9.96 Å². The molecule has 0 saturated carbocycles. The molecule has 0 aromatic heterocycles. The second kappa shape index (κ2) is 4.63. The van der Waals surface area contributed by atoms with E-state index in [1.807, 2.05) is 0 Å². The first-order valence-electron chi connectivity index (χ1n) is 6.27. The summed E-state index contributed by atoms with van der Waals surface area (Å²) >= 11 is 0. The highest BCUT2D eigenvalue weighted by Gasteiger charge is 2.41. The number of rotatable bonds is 4. The zero-order valence-electron chi connectivity index (χ0n) is 12.0. The van der Waals surface area contributed by atoms with Crippen LogP contribution in [-0.2, 0) is 4.84 Å². The van der Waals surface area contributed by atoms with Crippen molar-refractivity contribution in [2.45, 2.75) is 52.2 Å². The number of hydrogen-bond acceptors (Lipinski definition) is 3. The van der Waals surface area contributed by atoms with Crippen LogP contribution >= 0.6 is 0 Å². The maximum atomic E-state index is 6.19. The Morgan fingerprint density at radius 1 is 1.38 bits per heavy atom. The summed E-state index contributed by atoms with van der Waals surface area (Å²) in [7, 11) is 4.17. The first-order chi connectivity index (χ1) is 7.15. The third-order valence-corrected chi connectivity index (χ3v) is 3.67. The SMILES string of the molecule is C[C@H]1CCN(OC(C)(C)CN(C)C)C1(C)C. The van der Waals surface area contributed by atoms with Gasteiger partial charge in [0.25, 0.3) is 0 Å². The third-order valence-electron chi connectivity index (χ3n) is 3.67. The molecule has 0 amide bonds. The van der Waals surface area contributed by atoms with Crippen LogP contribution in [0.15, 0.2) is 0 Å². The molecule has 1 heterocycles. The van der Waals surface area contributed by atoms with Gasteiger partial charge in [-0.05, 0) is 54.1 Å². The smallest absolute Gasteiger partial charge is 0.0969 e. The number of nitrogens with zero attached hydrogens (tertiary/aromatic N) is 2. The van der Waals surface area contributed by atoms with E-state index in [1.54, 1.807) is 0 Å². The van der Waals surface area contributed by atoms with Gasteiger partial charge < -0.3 is 4.90 Å². The Labute approximate surface area is 101 Å². The summed E-state index contributed by atoms with van der Waals surface area (Å²) in [5.74, 6) is 0.697. The highest BCUT2D eigenvalue weighted by molar-refractivity contribution is 4.90. The first kappa shape index (κ1) is 13.9. The van der Waals surface area contributed by atoms with Crippen LogP contribution in [0, 0.1) is 5.92 Å². The fourth-order valence-electron chi connectivity index (χ4n) is 2.45. The summed E-state index contributed by atoms with van der Waals surface area (Å²) in [6.07, 6.45) is 1.23. The topological polar surface area (TPSA) is 15.7 Å². The first-order valence-corrected chi connectivity index (χ1v) is 6.27. The van der Waals surface area contributed by atoms with Crippen LogP contribution in [0.5, 0.6) is 0 Å². The molecule has 0 aromatic rings. The number of likely N-dealkylation sites (N-methyl/N-ethyl adjacent to an activating group) is 1. The minimum absolute atomic E-state index is 0.120. The van der Waals surface area contributed by atoms with Gasteiger partial charge in [0.05, 0.1) is 5.60 Å². The third kappa shape index (κ3) is 3.19. The number of hydroxylamine groups is 2. The molecule has 0 unspecified atom stereocenters. The van der Waals surface area contributed by atoms with Gasteiger partial charge in [-0.2, -0.15) is 5.06 Å². The Morgan fingerprint density at radius 3 is 2.31 bits per heavy atom. The molecular weight excluding hydrogens is 200 g/mol. The molecule has 1 aliphatic rings. The molecule has 1 rings (SSSR count). The van der Waals surface area contributed by atoms with Crippen molar-refractivity contribution in [1.29, 1.82) is 0 Å². The Bertz CT molecular complexity index is 236. The van der Waals surface area contributed by atoms with Crippen LogP contribution in [0.1, 0.15) is 41.0 Å². The van der Waals surface area contributed by atoms with Crippen molar-refractivity contribution >= 4 is 0 Å². The molecule has 0 aromatic carbocycles. The second-order valence-corrected chi connectivity index (χ2v) is 6.53. The van der Waals surface area contributed by atoms with E-state index in [0.717, 1.165) is 13.1 Å². The summed E-state index contributed by atoms with van der Waals surface area (Å²) < 4.78 is 0. The summed E-state index contributed by atoms with van der Waals surface area (Å²) in [4.78, 5) is 8.36. The van der Waals surface area contributed by atoms with Crippen molar-refractivity contribution in [3.63, 3.8) is 0 Å². The van der Waals surface area contributed by atoms with Crippen molar-refractivity contribution in [3.05, 3.63) is 0 Å². The fraction of sp³-hybridized carbons (Fsp3) is 1.00. The molecule has 0 N–H and O–H groups in total. The normalized spacial score (nSPS) is 26.6. The van der Waals surface area contributed by atoms with Crippen molar-refractivity contribution in [2.24, 2.45) is 5.92 Å². The lowest BCUT2D eigenvalue weighted by Crippen LogP contribution is -2.49. The molecule has 3 heteroatoms. The second-order valence-electron chi connectivity index (χ2n) is 6.53. The monoisotopic (exact) mass is 228 g/mol. The largest absolute Gasteiger partial charge is 0.306 e. The van der Waals surface area contributed by atoms with E-state index in [4.69, 9.17) is 4.84 Å². The highest BCUT2D eigenvalue weighted by Crippen LogP contribution is 2.35. The van der Waals surface area contributed by atoms with Gasteiger partial charge in [0, 0.05) is 18.6 Å². The Balaban J connectivity index is 2.61. The zero-order valence-corrected chi connectivity index (χ0v) is 12.0. The van der Waals surface area contributed by atoms with E-state index >= 15 is 0 Å². The average Bonchev–Trinajstić information content (AvgIpc) is 2.29. The molecule has 0 radical (unpaired) electrons. The number of hydrogen-bond donors (Lipinski definition) is 0. The van der Waals surface area contributed by atoms with Crippen LogP contribution in [0.25, 0.3) is 0 Å². The average molecular weight is 228 g/mol. The Morgan fingerprint density at radius 2 is 1.94 bits per heavy atom. The molecule has 0 bridgehead atoms. The van der Waals surface area contributed by atoms with E-state index in [-0.39, 0.29) is 11.1 Å². The molecule has 16 heavy (non-hydrogen) atoms. The molecule has 1 atom stereocenters. The van der Waals surface area contributed by atoms with E-state index < -0.39 is 0 Å². The highest BCUT2D eigenvalue weighted by atomic mass is 16.7. The van der Waals surface area contributed by atoms with Crippen molar-refractivity contribution in [3.8, 4) is 0 Å². The van der Waals surface area contributed by atoms with Gasteiger partial charge in [0.2, 0.25) is 0 Å². The summed E-state index contributed by atoms with van der Waals surface area (Å²) in [6.45, 7) is 13.2. The standard InChI is InChI=1S/C13H28N2O/c1-11-8-9-15(13(11,4)5)16-12(2,3)10-14(6)7/h11H,8-10H2,1-7H3/t11-/m0/s1. The van der Waals surface area contributed by atoms with E-state index in [2.05, 4.69) is 58.7 Å². The van der Waals surface area contributed by atoms with Crippen LogP contribution in [0.4, 0.5) is 0 Å². The van der Waals surface area contributed by atoms with Gasteiger partial charge in [0.1, 0.15) is 0 Å². The summed E-state index contributed by atoms with van der Waals surface area (Å²) in [6, 6.07) is 0. The fourth-order valence-corrected chi connectivity index (χ4v) is 2.45. The molecule has 96 valence electrons. The van der Waals surface area contributed by atoms with E-state index in [0.29, 0.717) is 5.92 Å². The van der Waals surface area contributed by atoms with E-state index in [1.165, 1.54) is 6.42 Å². The van der Waals surface area contributed by atoms with Crippen LogP contribution in [-0.4, -0.2) is 48.3 Å². The lowest BCUT2D eigenvalue weighted by Gasteiger charge is -2.40. The van der Waals surface area contributed by atoms with Gasteiger partial charge >= 0.3 is 0 Å². The van der Waals surface area contributed by atoms with Gasteiger partial charge in [-0.15, -0.1) is 0 Å². The maximum Gasteiger partial charge on any atom is 0.0969 e. The molecule has 1 fully saturated rings. The molecule has 1 saturated heterocycles. The lowest BCUT2D eigenvalue weighted by molar-refractivity contribution is -0.267.